The molecule has 2 aromatic carbocycles. The highest BCUT2D eigenvalue weighted by Gasteiger charge is 2.35. The van der Waals surface area contributed by atoms with E-state index in [9.17, 15) is 18.0 Å². The fourth-order valence-corrected chi connectivity index (χ4v) is 5.37. The summed E-state index contributed by atoms with van der Waals surface area (Å²) >= 11 is 11.7. The molecule has 1 amide bonds. The fourth-order valence-electron chi connectivity index (χ4n) is 4.80. The molecule has 202 valence electrons. The zero-order valence-electron chi connectivity index (χ0n) is 20.5. The third kappa shape index (κ3) is 5.18. The third-order valence-electron chi connectivity index (χ3n) is 7.04. The Kier molecular flexibility index (Phi) is 6.46. The smallest absolute Gasteiger partial charge is 0.343 e. The summed E-state index contributed by atoms with van der Waals surface area (Å²) in [5.74, 6) is 0.963. The molecule has 8 nitrogen and oxygen atoms in total. The van der Waals surface area contributed by atoms with E-state index in [0.29, 0.717) is 53.2 Å². The van der Waals surface area contributed by atoms with Crippen molar-refractivity contribution in [2.24, 2.45) is 5.92 Å². The van der Waals surface area contributed by atoms with E-state index in [2.05, 4.69) is 35.4 Å². The van der Waals surface area contributed by atoms with Crippen LogP contribution in [-0.2, 0) is 11.0 Å². The van der Waals surface area contributed by atoms with Crippen LogP contribution in [0.25, 0.3) is 21.9 Å². The second-order valence-corrected chi connectivity index (χ2v) is 10.5. The monoisotopic (exact) mass is 574 g/mol. The number of nitrogens with one attached hydrogen (secondary N) is 4. The van der Waals surface area contributed by atoms with Crippen LogP contribution in [-0.4, -0.2) is 52.1 Å². The molecular formula is C26H24ClF3N7OS+. The number of hydrogen-bond acceptors (Lipinski definition) is 4. The highest BCUT2D eigenvalue weighted by molar-refractivity contribution is 7.80. The molecule has 0 atom stereocenters. The number of fused-ring (bicyclic) bond motifs is 3. The van der Waals surface area contributed by atoms with Crippen molar-refractivity contribution in [2.45, 2.75) is 19.0 Å². The predicted octanol–water partition coefficient (Wildman–Crippen LogP) is 5.07. The molecule has 13 heteroatoms. The number of aromatic nitrogens is 3. The van der Waals surface area contributed by atoms with Gasteiger partial charge in [-0.2, -0.15) is 13.2 Å². The van der Waals surface area contributed by atoms with E-state index in [1.807, 2.05) is 24.3 Å². The predicted molar refractivity (Wildman–Crippen MR) is 148 cm³/mol. The zero-order valence-corrected chi connectivity index (χ0v) is 22.1. The minimum absolute atomic E-state index is 0.0645. The highest BCUT2D eigenvalue weighted by atomic mass is 35.5. The van der Waals surface area contributed by atoms with Gasteiger partial charge in [0.25, 0.3) is 0 Å². The summed E-state index contributed by atoms with van der Waals surface area (Å²) in [6.45, 7) is 2.54. The topological polar surface area (TPSA) is 90.4 Å². The van der Waals surface area contributed by atoms with Crippen LogP contribution < -0.4 is 20.5 Å². The standard InChI is InChI=1S/C26H23ClF3N7OS/c27-19-11-17-20(12-18(19)26(28,29)30)35-22-21(17)23(32-13-31-22)36-7-9-37(10-8-36)25(39)34-16-5-3-15(4-6-16)33-24(38)14-1-2-14/h3-6,11-14H,1-2,7-10H2,(H,33,38)(H,34,39)(H,31,32,35)/p+1. The molecule has 2 fully saturated rings. The van der Waals surface area contributed by atoms with Crippen molar-refractivity contribution in [1.82, 2.24) is 14.9 Å². The van der Waals surface area contributed by atoms with Gasteiger partial charge in [-0.15, -0.1) is 0 Å². The number of carbonyl (C=O) groups excluding carboxylic acids is 1. The van der Waals surface area contributed by atoms with Crippen LogP contribution in [0.5, 0.6) is 0 Å². The molecule has 1 aliphatic heterocycles. The fraction of sp³-hybridized carbons (Fsp3) is 0.308. The number of anilines is 3. The molecule has 2 aliphatic rings. The summed E-state index contributed by atoms with van der Waals surface area (Å²) in [5, 5.41) is 7.66. The Morgan fingerprint density at radius 1 is 1.08 bits per heavy atom. The number of halogens is 4. The maximum atomic E-state index is 13.4. The van der Waals surface area contributed by atoms with Gasteiger partial charge in [-0.05, 0) is 61.5 Å². The van der Waals surface area contributed by atoms with Crippen LogP contribution in [0.15, 0.2) is 42.7 Å². The molecule has 39 heavy (non-hydrogen) atoms. The maximum absolute atomic E-state index is 13.4. The van der Waals surface area contributed by atoms with Crippen molar-refractivity contribution in [3.05, 3.63) is 53.3 Å². The Balaban J connectivity index is 1.14. The minimum Gasteiger partial charge on any atom is -0.343 e. The largest absolute Gasteiger partial charge is 0.417 e. The molecular weight excluding hydrogens is 551 g/mol. The van der Waals surface area contributed by atoms with Gasteiger partial charge >= 0.3 is 6.18 Å². The number of aromatic amines is 2. The van der Waals surface area contributed by atoms with Crippen molar-refractivity contribution < 1.29 is 22.9 Å². The van der Waals surface area contributed by atoms with E-state index in [4.69, 9.17) is 23.8 Å². The van der Waals surface area contributed by atoms with E-state index in [1.165, 1.54) is 12.4 Å². The minimum atomic E-state index is -4.55. The molecule has 4 N–H and O–H groups in total. The first-order chi connectivity index (χ1) is 18.7. The number of nitrogens with zero attached hydrogens (tertiary/aromatic N) is 3. The van der Waals surface area contributed by atoms with Gasteiger partial charge in [-0.25, -0.2) is 4.98 Å². The number of carbonyl (C=O) groups is 1. The molecule has 1 saturated carbocycles. The summed E-state index contributed by atoms with van der Waals surface area (Å²) in [6.07, 6.45) is -1.12. The van der Waals surface area contributed by atoms with E-state index < -0.39 is 11.7 Å². The van der Waals surface area contributed by atoms with Gasteiger partial charge in [0.1, 0.15) is 5.39 Å². The average Bonchev–Trinajstić information content (AvgIpc) is 3.70. The highest BCUT2D eigenvalue weighted by Crippen LogP contribution is 2.40. The van der Waals surface area contributed by atoms with Gasteiger partial charge in [-0.1, -0.05) is 16.6 Å². The SMILES string of the molecule is O=C(Nc1ccc(NC(=S)N2CCN(c3[nH+]cnc4[nH]c5cc(C(F)(F)F)c(Cl)cc5c34)CC2)cc1)C1CC1. The number of rotatable bonds is 4. The number of amides is 1. The molecule has 0 spiro atoms. The van der Waals surface area contributed by atoms with E-state index >= 15 is 0 Å². The van der Waals surface area contributed by atoms with Crippen molar-refractivity contribution in [2.75, 3.05) is 41.7 Å². The Morgan fingerprint density at radius 3 is 2.38 bits per heavy atom. The van der Waals surface area contributed by atoms with Gasteiger partial charge in [-0.3, -0.25) is 9.69 Å². The van der Waals surface area contributed by atoms with E-state index in [0.717, 1.165) is 36.1 Å². The third-order valence-corrected chi connectivity index (χ3v) is 7.71. The van der Waals surface area contributed by atoms with Crippen LogP contribution >= 0.6 is 23.8 Å². The number of piperazine rings is 1. The van der Waals surface area contributed by atoms with Gasteiger partial charge in [0, 0.05) is 28.2 Å². The van der Waals surface area contributed by atoms with Gasteiger partial charge < -0.3 is 20.5 Å². The molecule has 0 bridgehead atoms. The van der Waals surface area contributed by atoms with Crippen LogP contribution in [0, 0.1) is 5.92 Å². The van der Waals surface area contributed by atoms with Gasteiger partial charge in [0.15, 0.2) is 5.11 Å². The lowest BCUT2D eigenvalue weighted by Crippen LogP contribution is -2.51. The quantitative estimate of drug-likeness (QED) is 0.295. The first-order valence-corrected chi connectivity index (χ1v) is 13.3. The van der Waals surface area contributed by atoms with Crippen molar-refractivity contribution in [3.63, 3.8) is 0 Å². The summed E-state index contributed by atoms with van der Waals surface area (Å²) in [4.78, 5) is 26.6. The molecule has 0 unspecified atom stereocenters. The molecule has 3 heterocycles. The van der Waals surface area contributed by atoms with Crippen LogP contribution in [0.4, 0.5) is 30.4 Å². The maximum Gasteiger partial charge on any atom is 0.417 e. The summed E-state index contributed by atoms with van der Waals surface area (Å²) in [6, 6.07) is 9.81. The molecule has 4 aromatic rings. The Morgan fingerprint density at radius 2 is 1.74 bits per heavy atom. The van der Waals surface area contributed by atoms with Crippen LogP contribution in [0.1, 0.15) is 18.4 Å². The normalized spacial score (nSPS) is 16.1. The molecule has 1 saturated heterocycles. The van der Waals surface area contributed by atoms with E-state index in [1.54, 1.807) is 0 Å². The molecule has 1 aliphatic carbocycles. The number of hydrogen-bond donors (Lipinski definition) is 3. The number of benzene rings is 2. The summed E-state index contributed by atoms with van der Waals surface area (Å²) in [7, 11) is 0. The van der Waals surface area contributed by atoms with Crippen LogP contribution in [0.2, 0.25) is 5.02 Å². The van der Waals surface area contributed by atoms with Crippen molar-refractivity contribution in [1.29, 1.82) is 0 Å². The van der Waals surface area contributed by atoms with Gasteiger partial charge in [0.2, 0.25) is 23.7 Å². The molecule has 2 aromatic heterocycles. The first kappa shape index (κ1) is 25.6. The Bertz CT molecular complexity index is 1580. The van der Waals surface area contributed by atoms with Crippen molar-refractivity contribution >= 4 is 74.0 Å². The zero-order chi connectivity index (χ0) is 27.3. The second-order valence-electron chi connectivity index (χ2n) is 9.72. The Hall–Kier alpha value is -3.64. The lowest BCUT2D eigenvalue weighted by atomic mass is 10.1. The van der Waals surface area contributed by atoms with Gasteiger partial charge in [0.05, 0.1) is 36.8 Å². The van der Waals surface area contributed by atoms with Crippen molar-refractivity contribution in [3.8, 4) is 0 Å². The average molecular weight is 575 g/mol. The van der Waals surface area contributed by atoms with E-state index in [-0.39, 0.29) is 16.8 Å². The summed E-state index contributed by atoms with van der Waals surface area (Å²) < 4.78 is 40.1. The molecule has 6 rings (SSSR count). The van der Waals surface area contributed by atoms with Crippen LogP contribution in [0.3, 0.4) is 0 Å². The number of thiocarbonyl (C=S) groups is 1. The molecule has 0 radical (unpaired) electrons. The number of H-pyrrole nitrogens is 2. The summed E-state index contributed by atoms with van der Waals surface area (Å²) in [5.41, 5.74) is 1.48. The first-order valence-electron chi connectivity index (χ1n) is 12.5. The second kappa shape index (κ2) is 9.83. The number of alkyl halides is 3. The lowest BCUT2D eigenvalue weighted by Gasteiger charge is -2.34. The lowest BCUT2D eigenvalue weighted by molar-refractivity contribution is -0.367. The Labute approximate surface area is 231 Å².